The van der Waals surface area contributed by atoms with Gasteiger partial charge in [0.25, 0.3) is 5.91 Å². The molecule has 1 aromatic heterocycles. The Kier molecular flexibility index (Phi) is 5.19. The highest BCUT2D eigenvalue weighted by Gasteiger charge is 2.37. The van der Waals surface area contributed by atoms with Crippen molar-refractivity contribution in [3.05, 3.63) is 42.1 Å². The molecule has 138 valence electrons. The van der Waals surface area contributed by atoms with E-state index in [-0.39, 0.29) is 11.5 Å². The molecule has 2 aromatic rings. The fourth-order valence-electron chi connectivity index (χ4n) is 2.80. The summed E-state index contributed by atoms with van der Waals surface area (Å²) in [6.07, 6.45) is 0.541. The maximum atomic E-state index is 12.4. The lowest BCUT2D eigenvalue weighted by molar-refractivity contribution is 0.0889. The summed E-state index contributed by atoms with van der Waals surface area (Å²) < 4.78 is 23.1. The van der Waals surface area contributed by atoms with Gasteiger partial charge in [0.1, 0.15) is 5.82 Å². The fourth-order valence-corrected chi connectivity index (χ4v) is 4.54. The van der Waals surface area contributed by atoms with Gasteiger partial charge in [-0.25, -0.2) is 18.4 Å². The minimum atomic E-state index is -3.33. The van der Waals surface area contributed by atoms with Crippen LogP contribution in [0.4, 0.5) is 5.82 Å². The summed E-state index contributed by atoms with van der Waals surface area (Å²) in [5, 5.41) is 15.5. The third kappa shape index (κ3) is 4.17. The smallest absolute Gasteiger partial charge is 0.251 e. The highest BCUT2D eigenvalue weighted by Crippen LogP contribution is 2.19. The predicted molar refractivity (Wildman–Crippen MR) is 97.5 cm³/mol. The first-order valence-corrected chi connectivity index (χ1v) is 10.1. The van der Waals surface area contributed by atoms with Crippen LogP contribution in [0.1, 0.15) is 17.3 Å². The Labute approximate surface area is 151 Å². The van der Waals surface area contributed by atoms with Gasteiger partial charge >= 0.3 is 0 Å². The number of carbonyl (C=O) groups is 1. The van der Waals surface area contributed by atoms with Gasteiger partial charge in [0.2, 0.25) is 0 Å². The number of hydrogen-bond donors (Lipinski definition) is 3. The normalized spacial score (nSPS) is 21.3. The Balaban J connectivity index is 1.79. The van der Waals surface area contributed by atoms with Gasteiger partial charge in [-0.1, -0.05) is 12.1 Å². The monoisotopic (exact) mass is 376 g/mol. The maximum absolute atomic E-state index is 12.4. The first kappa shape index (κ1) is 18.3. The molecular formula is C17H20N4O4S. The Bertz CT molecular complexity index is 916. The van der Waals surface area contributed by atoms with Crippen LogP contribution in [0, 0.1) is 0 Å². The standard InChI is InChI=1S/C17H20N4O4S/c1-2-18-15-6-7-19-16(21-15)11-4-3-5-12(8-11)17(23)20-13-9-26(24,25)10-14(13)22/h3-8,13-14,22H,2,9-10H2,1H3,(H,20,23)(H,18,19,21)/t13-,14-/m1/s1. The molecule has 0 bridgehead atoms. The molecule has 0 aliphatic carbocycles. The molecule has 0 spiro atoms. The zero-order chi connectivity index (χ0) is 18.7. The summed E-state index contributed by atoms with van der Waals surface area (Å²) >= 11 is 0. The lowest BCUT2D eigenvalue weighted by Gasteiger charge is -2.15. The van der Waals surface area contributed by atoms with Crippen LogP contribution in [0.25, 0.3) is 11.4 Å². The molecule has 0 radical (unpaired) electrons. The van der Waals surface area contributed by atoms with Crippen molar-refractivity contribution in [1.82, 2.24) is 15.3 Å². The molecule has 3 N–H and O–H groups in total. The number of carbonyl (C=O) groups excluding carboxylic acids is 1. The van der Waals surface area contributed by atoms with E-state index in [0.717, 1.165) is 6.54 Å². The predicted octanol–water partition coefficient (Wildman–Crippen LogP) is 0.463. The number of sulfone groups is 1. The fraction of sp³-hybridized carbons (Fsp3) is 0.353. The second kappa shape index (κ2) is 7.38. The number of aliphatic hydroxyl groups is 1. The van der Waals surface area contributed by atoms with E-state index in [2.05, 4.69) is 20.6 Å². The van der Waals surface area contributed by atoms with Crippen LogP contribution in [-0.4, -0.2) is 59.6 Å². The number of amides is 1. The molecule has 1 amide bonds. The number of benzene rings is 1. The lowest BCUT2D eigenvalue weighted by Crippen LogP contribution is -2.42. The molecule has 9 heteroatoms. The van der Waals surface area contributed by atoms with Crippen molar-refractivity contribution in [2.75, 3.05) is 23.4 Å². The summed E-state index contributed by atoms with van der Waals surface area (Å²) in [7, 11) is -3.33. The van der Waals surface area contributed by atoms with E-state index in [1.165, 1.54) is 0 Å². The van der Waals surface area contributed by atoms with E-state index in [0.29, 0.717) is 22.8 Å². The average molecular weight is 376 g/mol. The maximum Gasteiger partial charge on any atom is 0.251 e. The minimum Gasteiger partial charge on any atom is -0.390 e. The third-order valence-electron chi connectivity index (χ3n) is 4.04. The Morgan fingerprint density at radius 3 is 2.81 bits per heavy atom. The first-order chi connectivity index (χ1) is 12.4. The minimum absolute atomic E-state index is 0.257. The van der Waals surface area contributed by atoms with Crippen molar-refractivity contribution >= 4 is 21.6 Å². The highest BCUT2D eigenvalue weighted by atomic mass is 32.2. The van der Waals surface area contributed by atoms with Crippen molar-refractivity contribution in [1.29, 1.82) is 0 Å². The Hall–Kier alpha value is -2.52. The molecule has 3 rings (SSSR count). The number of aromatic nitrogens is 2. The molecule has 1 saturated heterocycles. The van der Waals surface area contributed by atoms with Gasteiger partial charge in [0.05, 0.1) is 23.7 Å². The average Bonchev–Trinajstić information content (AvgIpc) is 2.87. The van der Waals surface area contributed by atoms with Crippen molar-refractivity contribution in [2.45, 2.75) is 19.1 Å². The van der Waals surface area contributed by atoms with Crippen LogP contribution in [0.2, 0.25) is 0 Å². The topological polar surface area (TPSA) is 121 Å². The zero-order valence-electron chi connectivity index (χ0n) is 14.2. The van der Waals surface area contributed by atoms with Crippen LogP contribution in [-0.2, 0) is 9.84 Å². The quantitative estimate of drug-likeness (QED) is 0.693. The first-order valence-electron chi connectivity index (χ1n) is 8.24. The largest absolute Gasteiger partial charge is 0.390 e. The van der Waals surface area contributed by atoms with Gasteiger partial charge in [0.15, 0.2) is 15.7 Å². The van der Waals surface area contributed by atoms with Crippen LogP contribution in [0.5, 0.6) is 0 Å². The number of anilines is 1. The summed E-state index contributed by atoms with van der Waals surface area (Å²) in [4.78, 5) is 21.1. The van der Waals surface area contributed by atoms with Crippen molar-refractivity contribution in [2.24, 2.45) is 0 Å². The number of hydrogen-bond acceptors (Lipinski definition) is 7. The SMILES string of the molecule is CCNc1ccnc(-c2cccc(C(=O)N[C@@H]3CS(=O)(=O)C[C@H]3O)c2)n1. The molecule has 2 heterocycles. The number of rotatable bonds is 5. The zero-order valence-corrected chi connectivity index (χ0v) is 15.0. The molecule has 0 unspecified atom stereocenters. The van der Waals surface area contributed by atoms with E-state index in [1.807, 2.05) is 6.92 Å². The van der Waals surface area contributed by atoms with E-state index < -0.39 is 27.9 Å². The number of aliphatic hydroxyl groups excluding tert-OH is 1. The lowest BCUT2D eigenvalue weighted by atomic mass is 10.1. The number of nitrogens with one attached hydrogen (secondary N) is 2. The van der Waals surface area contributed by atoms with Gasteiger partial charge in [-0.15, -0.1) is 0 Å². The molecule has 1 aromatic carbocycles. The van der Waals surface area contributed by atoms with E-state index in [4.69, 9.17) is 0 Å². The van der Waals surface area contributed by atoms with Crippen LogP contribution >= 0.6 is 0 Å². The Morgan fingerprint density at radius 2 is 2.12 bits per heavy atom. The molecule has 2 atom stereocenters. The van der Waals surface area contributed by atoms with E-state index >= 15 is 0 Å². The summed E-state index contributed by atoms with van der Waals surface area (Å²) in [5.41, 5.74) is 1.01. The van der Waals surface area contributed by atoms with Crippen LogP contribution in [0.15, 0.2) is 36.5 Å². The Morgan fingerprint density at radius 1 is 1.31 bits per heavy atom. The van der Waals surface area contributed by atoms with Crippen LogP contribution < -0.4 is 10.6 Å². The second-order valence-electron chi connectivity index (χ2n) is 6.10. The molecule has 1 aliphatic rings. The molecule has 1 fully saturated rings. The van der Waals surface area contributed by atoms with E-state index in [1.54, 1.807) is 36.5 Å². The van der Waals surface area contributed by atoms with Gasteiger partial charge in [-0.3, -0.25) is 4.79 Å². The molecule has 26 heavy (non-hydrogen) atoms. The summed E-state index contributed by atoms with van der Waals surface area (Å²) in [6.45, 7) is 2.69. The van der Waals surface area contributed by atoms with Gasteiger partial charge < -0.3 is 15.7 Å². The van der Waals surface area contributed by atoms with E-state index in [9.17, 15) is 18.3 Å². The summed E-state index contributed by atoms with van der Waals surface area (Å²) in [5.74, 6) is 0.125. The van der Waals surface area contributed by atoms with Gasteiger partial charge in [-0.2, -0.15) is 0 Å². The van der Waals surface area contributed by atoms with Crippen LogP contribution in [0.3, 0.4) is 0 Å². The molecule has 0 saturated carbocycles. The highest BCUT2D eigenvalue weighted by molar-refractivity contribution is 7.91. The van der Waals surface area contributed by atoms with Crippen molar-refractivity contribution in [3.8, 4) is 11.4 Å². The molecule has 1 aliphatic heterocycles. The van der Waals surface area contributed by atoms with Crippen molar-refractivity contribution in [3.63, 3.8) is 0 Å². The molecule has 8 nitrogen and oxygen atoms in total. The van der Waals surface area contributed by atoms with Crippen molar-refractivity contribution < 1.29 is 18.3 Å². The third-order valence-corrected chi connectivity index (χ3v) is 5.75. The summed E-state index contributed by atoms with van der Waals surface area (Å²) in [6, 6.07) is 7.70. The second-order valence-corrected chi connectivity index (χ2v) is 8.25. The van der Waals surface area contributed by atoms with Gasteiger partial charge in [-0.05, 0) is 25.1 Å². The number of nitrogens with zero attached hydrogens (tertiary/aromatic N) is 2. The molecular weight excluding hydrogens is 356 g/mol. The van der Waals surface area contributed by atoms with Gasteiger partial charge in [0, 0.05) is 23.9 Å².